The van der Waals surface area contributed by atoms with Gasteiger partial charge in [0.05, 0.1) is 12.0 Å². The van der Waals surface area contributed by atoms with Crippen LogP contribution in [0.4, 0.5) is 0 Å². The third-order valence-electron chi connectivity index (χ3n) is 3.54. The second kappa shape index (κ2) is 5.50. The van der Waals surface area contributed by atoms with Gasteiger partial charge in [-0.2, -0.15) is 0 Å². The summed E-state index contributed by atoms with van der Waals surface area (Å²) in [5.74, 6) is 1.21. The predicted molar refractivity (Wildman–Crippen MR) is 84.8 cm³/mol. The molecule has 2 aromatic rings. The summed E-state index contributed by atoms with van der Waals surface area (Å²) in [6.45, 7) is 2.11. The maximum atomic E-state index is 12.2. The average Bonchev–Trinajstić information content (AvgIpc) is 2.75. The number of benzene rings is 2. The van der Waals surface area contributed by atoms with Crippen molar-refractivity contribution in [2.75, 3.05) is 13.7 Å². The molecule has 0 radical (unpaired) electrons. The Labute approximate surface area is 129 Å². The van der Waals surface area contributed by atoms with Crippen LogP contribution in [-0.4, -0.2) is 22.1 Å². The van der Waals surface area contributed by atoms with Crippen molar-refractivity contribution < 1.29 is 17.9 Å². The normalized spacial score (nSPS) is 15.1. The molecule has 114 valence electrons. The lowest BCUT2D eigenvalue weighted by molar-refractivity contribution is 0.331. The van der Waals surface area contributed by atoms with E-state index in [-0.39, 0.29) is 6.61 Å². The van der Waals surface area contributed by atoms with Crippen LogP contribution in [0.2, 0.25) is 0 Å². The highest BCUT2D eigenvalue weighted by molar-refractivity contribution is 7.95. The maximum absolute atomic E-state index is 12.2. The first-order chi connectivity index (χ1) is 10.5. The molecule has 0 atom stereocenters. The van der Waals surface area contributed by atoms with Gasteiger partial charge in [0.1, 0.15) is 6.61 Å². The van der Waals surface area contributed by atoms with Gasteiger partial charge >= 0.3 is 0 Å². The van der Waals surface area contributed by atoms with Crippen LogP contribution in [0, 0.1) is 6.92 Å². The van der Waals surface area contributed by atoms with E-state index >= 15 is 0 Å². The van der Waals surface area contributed by atoms with Crippen molar-refractivity contribution in [2.45, 2.75) is 11.8 Å². The van der Waals surface area contributed by atoms with Crippen molar-refractivity contribution in [2.24, 2.45) is 0 Å². The molecular weight excluding hydrogens is 300 g/mol. The Morgan fingerprint density at radius 2 is 1.77 bits per heavy atom. The first kappa shape index (κ1) is 14.7. The summed E-state index contributed by atoms with van der Waals surface area (Å²) in [6, 6.07) is 12.6. The molecule has 1 aliphatic heterocycles. The molecule has 0 saturated heterocycles. The fraction of sp³-hybridized carbons (Fsp3) is 0.176. The second-order valence-electron chi connectivity index (χ2n) is 5.13. The van der Waals surface area contributed by atoms with Crippen LogP contribution in [0.3, 0.4) is 0 Å². The number of ether oxygens (including phenoxy) is 2. The first-order valence-electron chi connectivity index (χ1n) is 6.84. The molecule has 1 aliphatic rings. The molecule has 2 aromatic carbocycles. The van der Waals surface area contributed by atoms with Crippen LogP contribution < -0.4 is 9.47 Å². The second-order valence-corrected chi connectivity index (χ2v) is 6.89. The van der Waals surface area contributed by atoms with Gasteiger partial charge in [0, 0.05) is 16.5 Å². The summed E-state index contributed by atoms with van der Waals surface area (Å²) in [5, 5.41) is 1.28. The van der Waals surface area contributed by atoms with Gasteiger partial charge in [0.15, 0.2) is 11.5 Å². The van der Waals surface area contributed by atoms with Crippen molar-refractivity contribution >= 4 is 15.4 Å². The third kappa shape index (κ3) is 2.60. The van der Waals surface area contributed by atoms with Crippen molar-refractivity contribution in [3.05, 3.63) is 59.0 Å². The lowest BCUT2D eigenvalue weighted by Crippen LogP contribution is -2.01. The first-order valence-corrected chi connectivity index (χ1v) is 8.38. The molecule has 22 heavy (non-hydrogen) atoms. The lowest BCUT2D eigenvalue weighted by atomic mass is 10.1. The zero-order valence-electron chi connectivity index (χ0n) is 12.4. The van der Waals surface area contributed by atoms with Gasteiger partial charge in [-0.25, -0.2) is 8.42 Å². The largest absolute Gasteiger partial charge is 0.493 e. The summed E-state index contributed by atoms with van der Waals surface area (Å²) in [5.41, 5.74) is 2.39. The Morgan fingerprint density at radius 1 is 1.05 bits per heavy atom. The van der Waals surface area contributed by atoms with E-state index in [2.05, 4.69) is 0 Å². The Kier molecular flexibility index (Phi) is 3.66. The summed E-state index contributed by atoms with van der Waals surface area (Å²) in [7, 11) is -1.80. The van der Waals surface area contributed by atoms with E-state index in [0.29, 0.717) is 22.0 Å². The number of fused-ring (bicyclic) bond motifs is 1. The highest BCUT2D eigenvalue weighted by atomic mass is 32.2. The van der Waals surface area contributed by atoms with Crippen LogP contribution in [0.1, 0.15) is 11.1 Å². The minimum atomic E-state index is -3.36. The molecule has 0 aliphatic carbocycles. The molecule has 0 spiro atoms. The van der Waals surface area contributed by atoms with Crippen LogP contribution >= 0.6 is 0 Å². The van der Waals surface area contributed by atoms with E-state index in [1.165, 1.54) is 5.41 Å². The number of sulfone groups is 1. The van der Waals surface area contributed by atoms with Gasteiger partial charge in [0.25, 0.3) is 0 Å². The van der Waals surface area contributed by atoms with Gasteiger partial charge in [-0.1, -0.05) is 29.8 Å². The summed E-state index contributed by atoms with van der Waals surface area (Å²) in [6.07, 6.45) is 0. The molecule has 0 N–H and O–H groups in total. The molecule has 0 amide bonds. The number of rotatable bonds is 4. The molecule has 3 rings (SSSR count). The smallest absolute Gasteiger partial charge is 0.200 e. The Balaban J connectivity index is 1.90. The summed E-state index contributed by atoms with van der Waals surface area (Å²) in [4.78, 5) is 0.344. The fourth-order valence-electron chi connectivity index (χ4n) is 2.46. The lowest BCUT2D eigenvalue weighted by Gasteiger charge is -2.11. The standard InChI is InChI=1S/C17H16O4S/c1-12-7-8-17-14(9-12)13(11-22(17,18)19)10-21-16-6-4-3-5-15(16)20-2/h3-9,11H,10H2,1-2H3. The quantitative estimate of drug-likeness (QED) is 0.869. The minimum absolute atomic E-state index is 0.177. The molecule has 0 fully saturated rings. The van der Waals surface area contributed by atoms with E-state index in [9.17, 15) is 8.42 Å². The van der Waals surface area contributed by atoms with Crippen LogP contribution in [0.25, 0.3) is 5.57 Å². The molecule has 0 aromatic heterocycles. The monoisotopic (exact) mass is 316 g/mol. The molecule has 0 saturated carbocycles. The molecule has 4 nitrogen and oxygen atoms in total. The zero-order valence-corrected chi connectivity index (χ0v) is 13.2. The topological polar surface area (TPSA) is 52.6 Å². The zero-order chi connectivity index (χ0) is 15.7. The van der Waals surface area contributed by atoms with E-state index in [0.717, 1.165) is 11.1 Å². The number of hydrogen-bond donors (Lipinski definition) is 0. The Hall–Kier alpha value is -2.27. The maximum Gasteiger partial charge on any atom is 0.200 e. The highest BCUT2D eigenvalue weighted by Crippen LogP contribution is 2.35. The average molecular weight is 316 g/mol. The van der Waals surface area contributed by atoms with Gasteiger partial charge in [-0.05, 0) is 25.1 Å². The summed E-state index contributed by atoms with van der Waals surface area (Å²) < 4.78 is 35.3. The molecule has 0 bridgehead atoms. The van der Waals surface area contributed by atoms with Gasteiger partial charge in [-0.3, -0.25) is 0 Å². The van der Waals surface area contributed by atoms with Crippen molar-refractivity contribution in [1.29, 1.82) is 0 Å². The molecular formula is C17H16O4S. The van der Waals surface area contributed by atoms with Crippen molar-refractivity contribution in [1.82, 2.24) is 0 Å². The highest BCUT2D eigenvalue weighted by Gasteiger charge is 2.27. The molecule has 5 heteroatoms. The van der Waals surface area contributed by atoms with E-state index in [1.807, 2.05) is 25.1 Å². The van der Waals surface area contributed by atoms with Crippen LogP contribution in [0.15, 0.2) is 52.8 Å². The SMILES string of the molecule is COc1ccccc1OCC1=CS(=O)(=O)c2ccc(C)cc21. The Morgan fingerprint density at radius 3 is 2.50 bits per heavy atom. The van der Waals surface area contributed by atoms with E-state index in [4.69, 9.17) is 9.47 Å². The summed E-state index contributed by atoms with van der Waals surface area (Å²) >= 11 is 0. The number of hydrogen-bond acceptors (Lipinski definition) is 4. The van der Waals surface area contributed by atoms with Crippen molar-refractivity contribution in [3.8, 4) is 11.5 Å². The van der Waals surface area contributed by atoms with Crippen molar-refractivity contribution in [3.63, 3.8) is 0 Å². The van der Waals surface area contributed by atoms with Crippen LogP contribution in [0.5, 0.6) is 11.5 Å². The molecule has 0 unspecified atom stereocenters. The van der Waals surface area contributed by atoms with Gasteiger partial charge in [0.2, 0.25) is 9.84 Å². The predicted octanol–water partition coefficient (Wildman–Crippen LogP) is 3.21. The molecule has 1 heterocycles. The number of aryl methyl sites for hydroxylation is 1. The van der Waals surface area contributed by atoms with Crippen LogP contribution in [-0.2, 0) is 9.84 Å². The Bertz CT molecular complexity index is 851. The minimum Gasteiger partial charge on any atom is -0.493 e. The number of para-hydroxylation sites is 2. The fourth-order valence-corrected chi connectivity index (χ4v) is 3.91. The number of methoxy groups -OCH3 is 1. The van der Waals surface area contributed by atoms with Gasteiger partial charge in [-0.15, -0.1) is 0 Å². The van der Waals surface area contributed by atoms with E-state index < -0.39 is 9.84 Å². The van der Waals surface area contributed by atoms with E-state index in [1.54, 1.807) is 31.4 Å². The van der Waals surface area contributed by atoms with Gasteiger partial charge < -0.3 is 9.47 Å². The third-order valence-corrected chi connectivity index (χ3v) is 5.10.